The molecular weight excluding hydrogens is 473 g/mol. The summed E-state index contributed by atoms with van der Waals surface area (Å²) >= 11 is 0. The number of hydrogen-bond acceptors (Lipinski definition) is 6. The molecule has 8 nitrogen and oxygen atoms in total. The van der Waals surface area contributed by atoms with Crippen molar-refractivity contribution in [1.29, 1.82) is 0 Å². The zero-order chi connectivity index (χ0) is 23.7. The zero-order valence-corrected chi connectivity index (χ0v) is 18.3. The Labute approximate surface area is 183 Å². The third-order valence-corrected chi connectivity index (χ3v) is 8.31. The Kier molecular flexibility index (Phi) is 6.54. The predicted octanol–water partition coefficient (Wildman–Crippen LogP) is 2.78. The van der Waals surface area contributed by atoms with Crippen molar-refractivity contribution in [3.63, 3.8) is 0 Å². The summed E-state index contributed by atoms with van der Waals surface area (Å²) in [5.74, 6) is -0.906. The van der Waals surface area contributed by atoms with E-state index in [1.54, 1.807) is 6.07 Å². The quantitative estimate of drug-likeness (QED) is 0.664. The number of nitrogens with one attached hydrogen (secondary N) is 1. The molecule has 1 aliphatic heterocycles. The standard InChI is InChI=1S/C19H19F3N2O6S2/c1-30-17-10-9-14(31(26,27)19(20,21)22)12-15(17)23-18(25)16-8-5-11-24(16)32(28,29)13-6-3-2-4-7-13/h2-4,6-7,9-10,12,16H,5,8,11H2,1H3,(H,23,25). The third-order valence-electron chi connectivity index (χ3n) is 4.90. The Balaban J connectivity index is 1.92. The number of nitrogens with zero attached hydrogens (tertiary/aromatic N) is 1. The molecule has 1 aliphatic rings. The van der Waals surface area contributed by atoms with E-state index in [0.29, 0.717) is 18.6 Å². The summed E-state index contributed by atoms with van der Waals surface area (Å²) in [6.45, 7) is 0.0783. The highest BCUT2D eigenvalue weighted by molar-refractivity contribution is 7.92. The van der Waals surface area contributed by atoms with Crippen molar-refractivity contribution in [1.82, 2.24) is 4.31 Å². The van der Waals surface area contributed by atoms with Gasteiger partial charge in [-0.2, -0.15) is 17.5 Å². The molecule has 0 radical (unpaired) electrons. The van der Waals surface area contributed by atoms with Crippen molar-refractivity contribution >= 4 is 31.5 Å². The minimum Gasteiger partial charge on any atom is -0.495 e. The van der Waals surface area contributed by atoms with Crippen LogP contribution in [0.15, 0.2) is 58.3 Å². The van der Waals surface area contributed by atoms with Crippen LogP contribution in [0.1, 0.15) is 12.8 Å². The lowest BCUT2D eigenvalue weighted by Gasteiger charge is -2.24. The van der Waals surface area contributed by atoms with Gasteiger partial charge in [-0.3, -0.25) is 4.79 Å². The van der Waals surface area contributed by atoms with Gasteiger partial charge in [0, 0.05) is 6.54 Å². The minimum absolute atomic E-state index is 0.00412. The van der Waals surface area contributed by atoms with E-state index >= 15 is 0 Å². The van der Waals surface area contributed by atoms with Gasteiger partial charge >= 0.3 is 5.51 Å². The average Bonchev–Trinajstić information content (AvgIpc) is 3.24. The number of carbonyl (C=O) groups excluding carboxylic acids is 1. The van der Waals surface area contributed by atoms with Crippen LogP contribution in [0.5, 0.6) is 5.75 Å². The summed E-state index contributed by atoms with van der Waals surface area (Å²) in [4.78, 5) is 11.8. The molecule has 0 bridgehead atoms. The highest BCUT2D eigenvalue weighted by atomic mass is 32.2. The summed E-state index contributed by atoms with van der Waals surface area (Å²) in [6, 6.07) is 8.67. The van der Waals surface area contributed by atoms with Gasteiger partial charge in [0.2, 0.25) is 15.9 Å². The number of alkyl halides is 3. The molecule has 2 aromatic carbocycles. The monoisotopic (exact) mass is 492 g/mol. The van der Waals surface area contributed by atoms with Crippen LogP contribution < -0.4 is 10.1 Å². The largest absolute Gasteiger partial charge is 0.501 e. The number of sulfonamides is 1. The van der Waals surface area contributed by atoms with Gasteiger partial charge in [0.1, 0.15) is 11.8 Å². The van der Waals surface area contributed by atoms with Crippen molar-refractivity contribution in [2.24, 2.45) is 0 Å². The maximum Gasteiger partial charge on any atom is 0.501 e. The number of hydrogen-bond donors (Lipinski definition) is 1. The van der Waals surface area contributed by atoms with Gasteiger partial charge in [-0.15, -0.1) is 0 Å². The van der Waals surface area contributed by atoms with Crippen LogP contribution in [0.3, 0.4) is 0 Å². The summed E-state index contributed by atoms with van der Waals surface area (Å²) in [7, 11) is -8.47. The Bertz CT molecular complexity index is 1220. The summed E-state index contributed by atoms with van der Waals surface area (Å²) < 4.78 is 94.1. The molecule has 1 fully saturated rings. The second kappa shape index (κ2) is 8.71. The average molecular weight is 492 g/mol. The Morgan fingerprint density at radius 1 is 1.06 bits per heavy atom. The van der Waals surface area contributed by atoms with E-state index in [1.165, 1.54) is 31.4 Å². The van der Waals surface area contributed by atoms with Crippen LogP contribution in [0.25, 0.3) is 0 Å². The third kappa shape index (κ3) is 4.45. The van der Waals surface area contributed by atoms with E-state index < -0.39 is 42.2 Å². The highest BCUT2D eigenvalue weighted by Crippen LogP contribution is 2.35. The van der Waals surface area contributed by atoms with Gasteiger partial charge in [0.05, 0.1) is 22.6 Å². The van der Waals surface area contributed by atoms with Crippen LogP contribution in [0.2, 0.25) is 0 Å². The SMILES string of the molecule is COc1ccc(S(=O)(=O)C(F)(F)F)cc1NC(=O)C1CCCN1S(=O)(=O)c1ccccc1. The molecule has 0 spiro atoms. The number of anilines is 1. The van der Waals surface area contributed by atoms with Crippen LogP contribution >= 0.6 is 0 Å². The molecule has 1 atom stereocenters. The van der Waals surface area contributed by atoms with Crippen LogP contribution in [-0.4, -0.2) is 52.3 Å². The number of ether oxygens (including phenoxy) is 1. The second-order valence-electron chi connectivity index (χ2n) is 6.89. The van der Waals surface area contributed by atoms with E-state index in [1.807, 2.05) is 0 Å². The van der Waals surface area contributed by atoms with Gasteiger partial charge in [0.15, 0.2) is 0 Å². The number of methoxy groups -OCH3 is 1. The summed E-state index contributed by atoms with van der Waals surface area (Å²) in [5, 5.41) is 2.32. The van der Waals surface area contributed by atoms with Crippen molar-refractivity contribution in [3.05, 3.63) is 48.5 Å². The van der Waals surface area contributed by atoms with E-state index in [0.717, 1.165) is 10.4 Å². The van der Waals surface area contributed by atoms with E-state index in [9.17, 15) is 34.8 Å². The highest BCUT2D eigenvalue weighted by Gasteiger charge is 2.47. The molecule has 1 unspecified atom stereocenters. The van der Waals surface area contributed by atoms with Gasteiger partial charge in [-0.05, 0) is 43.2 Å². The molecule has 0 aromatic heterocycles. The van der Waals surface area contributed by atoms with Gasteiger partial charge < -0.3 is 10.1 Å². The number of benzene rings is 2. The lowest BCUT2D eigenvalue weighted by atomic mass is 10.2. The zero-order valence-electron chi connectivity index (χ0n) is 16.7. The molecule has 1 N–H and O–H groups in total. The lowest BCUT2D eigenvalue weighted by molar-refractivity contribution is -0.119. The van der Waals surface area contributed by atoms with Crippen molar-refractivity contribution in [2.75, 3.05) is 19.0 Å². The molecule has 13 heteroatoms. The first kappa shape index (κ1) is 24.0. The first-order valence-electron chi connectivity index (χ1n) is 9.27. The Morgan fingerprint density at radius 2 is 1.72 bits per heavy atom. The first-order chi connectivity index (χ1) is 14.9. The fraction of sp³-hybridized carbons (Fsp3) is 0.316. The summed E-state index contributed by atoms with van der Waals surface area (Å²) in [6.07, 6.45) is 0.574. The summed E-state index contributed by atoms with van der Waals surface area (Å²) in [5.41, 5.74) is -5.86. The van der Waals surface area contributed by atoms with Gasteiger partial charge in [-0.25, -0.2) is 16.8 Å². The van der Waals surface area contributed by atoms with Crippen molar-refractivity contribution in [2.45, 2.75) is 34.2 Å². The fourth-order valence-electron chi connectivity index (χ4n) is 3.32. The van der Waals surface area contributed by atoms with Gasteiger partial charge in [-0.1, -0.05) is 18.2 Å². The second-order valence-corrected chi connectivity index (χ2v) is 10.7. The molecule has 1 heterocycles. The molecule has 32 heavy (non-hydrogen) atoms. The minimum atomic E-state index is -5.66. The van der Waals surface area contributed by atoms with E-state index in [4.69, 9.17) is 4.74 Å². The van der Waals surface area contributed by atoms with Crippen LogP contribution in [0, 0.1) is 0 Å². The lowest BCUT2D eigenvalue weighted by Crippen LogP contribution is -2.43. The number of carbonyl (C=O) groups is 1. The van der Waals surface area contributed by atoms with Crippen molar-refractivity contribution < 1.29 is 39.5 Å². The van der Waals surface area contributed by atoms with Crippen LogP contribution in [0.4, 0.5) is 18.9 Å². The molecule has 174 valence electrons. The number of sulfone groups is 1. The Hall–Kier alpha value is -2.64. The van der Waals surface area contributed by atoms with Gasteiger partial charge in [0.25, 0.3) is 9.84 Å². The molecular formula is C19H19F3N2O6S2. The molecule has 3 rings (SSSR count). The Morgan fingerprint density at radius 3 is 2.31 bits per heavy atom. The fourth-order valence-corrected chi connectivity index (χ4v) is 5.78. The number of halogens is 3. The van der Waals surface area contributed by atoms with E-state index in [2.05, 4.69) is 5.32 Å². The normalized spacial score (nSPS) is 17.8. The van der Waals surface area contributed by atoms with Crippen LogP contribution in [-0.2, 0) is 24.7 Å². The first-order valence-corrected chi connectivity index (χ1v) is 12.2. The van der Waals surface area contributed by atoms with Crippen molar-refractivity contribution in [3.8, 4) is 5.75 Å². The number of rotatable bonds is 6. The predicted molar refractivity (Wildman–Crippen MR) is 108 cm³/mol. The molecule has 2 aromatic rings. The van der Waals surface area contributed by atoms with E-state index in [-0.39, 0.29) is 29.3 Å². The topological polar surface area (TPSA) is 110 Å². The molecule has 0 saturated carbocycles. The molecule has 1 amide bonds. The molecule has 1 saturated heterocycles. The smallest absolute Gasteiger partial charge is 0.495 e. The maximum atomic E-state index is 12.9. The maximum absolute atomic E-state index is 12.9. The molecule has 0 aliphatic carbocycles. The number of amides is 1.